The molecule has 0 saturated carbocycles. The first-order valence-corrected chi connectivity index (χ1v) is 7.12. The van der Waals surface area contributed by atoms with E-state index in [1.807, 2.05) is 0 Å². The average molecular weight is 382 g/mol. The first-order chi connectivity index (χ1) is 11.2. The molecule has 2 aromatic rings. The number of hydrogen-bond acceptors (Lipinski definition) is 3. The summed E-state index contributed by atoms with van der Waals surface area (Å²) >= 11 is 11.6. The van der Waals surface area contributed by atoms with Gasteiger partial charge in [-0.2, -0.15) is 17.6 Å². The molecule has 0 bridgehead atoms. The fraction of sp³-hybridized carbons (Fsp3) is 0.133. The third-order valence-electron chi connectivity index (χ3n) is 2.76. The van der Waals surface area contributed by atoms with E-state index >= 15 is 0 Å². The van der Waals surface area contributed by atoms with Gasteiger partial charge in [0.1, 0.15) is 11.5 Å². The molecule has 0 aliphatic heterocycles. The molecule has 0 fully saturated rings. The molecule has 2 aromatic carbocycles. The van der Waals surface area contributed by atoms with E-state index in [0.29, 0.717) is 5.69 Å². The fourth-order valence-electron chi connectivity index (χ4n) is 1.63. The minimum Gasteiger partial charge on any atom is -0.506 e. The number of phenols is 1. The molecule has 9 heteroatoms. The number of rotatable bonds is 5. The molecule has 128 valence electrons. The Labute approximate surface area is 144 Å². The first kappa shape index (κ1) is 18.4. The van der Waals surface area contributed by atoms with E-state index in [4.69, 9.17) is 23.2 Å². The van der Waals surface area contributed by atoms with Crippen LogP contribution in [0.1, 0.15) is 5.56 Å². The van der Waals surface area contributed by atoms with Crippen molar-refractivity contribution in [2.24, 2.45) is 4.99 Å². The van der Waals surface area contributed by atoms with Crippen LogP contribution in [0.3, 0.4) is 0 Å². The molecule has 0 saturated heterocycles. The topological polar surface area (TPSA) is 41.8 Å². The number of hydrogen-bond donors (Lipinski definition) is 1. The van der Waals surface area contributed by atoms with Crippen molar-refractivity contribution >= 4 is 35.1 Å². The summed E-state index contributed by atoms with van der Waals surface area (Å²) in [5.41, 5.74) is 0.551. The number of ether oxygens (including phenoxy) is 1. The highest BCUT2D eigenvalue weighted by atomic mass is 35.5. The van der Waals surface area contributed by atoms with Gasteiger partial charge in [0.15, 0.2) is 0 Å². The third-order valence-corrected chi connectivity index (χ3v) is 3.26. The highest BCUT2D eigenvalue weighted by molar-refractivity contribution is 6.36. The maximum atomic E-state index is 12.8. The van der Waals surface area contributed by atoms with E-state index < -0.39 is 18.3 Å². The zero-order valence-corrected chi connectivity index (χ0v) is 13.2. The monoisotopic (exact) mass is 381 g/mol. The average Bonchev–Trinajstić information content (AvgIpc) is 2.50. The largest absolute Gasteiger partial charge is 0.506 e. The predicted molar refractivity (Wildman–Crippen MR) is 83.4 cm³/mol. The molecule has 2 rings (SSSR count). The van der Waals surface area contributed by atoms with Crippen molar-refractivity contribution in [1.29, 1.82) is 0 Å². The van der Waals surface area contributed by atoms with Gasteiger partial charge in [-0.1, -0.05) is 23.2 Å². The van der Waals surface area contributed by atoms with Crippen LogP contribution in [0.5, 0.6) is 11.5 Å². The molecular weight excluding hydrogens is 373 g/mol. The molecule has 1 N–H and O–H groups in total. The van der Waals surface area contributed by atoms with Crippen LogP contribution in [0.4, 0.5) is 23.2 Å². The lowest BCUT2D eigenvalue weighted by Crippen LogP contribution is -2.33. The van der Waals surface area contributed by atoms with Gasteiger partial charge in [-0.15, -0.1) is 0 Å². The van der Waals surface area contributed by atoms with Gasteiger partial charge in [0.05, 0.1) is 10.7 Å². The minimum atomic E-state index is -4.58. The summed E-state index contributed by atoms with van der Waals surface area (Å²) in [7, 11) is 0. The quantitative estimate of drug-likeness (QED) is 0.534. The highest BCUT2D eigenvalue weighted by Crippen LogP contribution is 2.31. The van der Waals surface area contributed by atoms with Crippen molar-refractivity contribution in [2.45, 2.75) is 12.5 Å². The van der Waals surface area contributed by atoms with Crippen molar-refractivity contribution in [1.82, 2.24) is 0 Å². The number of nitrogens with zero attached hydrogens (tertiary/aromatic N) is 1. The van der Waals surface area contributed by atoms with Crippen LogP contribution in [0.15, 0.2) is 41.4 Å². The molecular formula is C15H9Cl2F4NO2. The second-order valence-electron chi connectivity index (χ2n) is 4.54. The first-order valence-electron chi connectivity index (χ1n) is 6.36. The van der Waals surface area contributed by atoms with Crippen LogP contribution >= 0.6 is 23.2 Å². The Morgan fingerprint density at radius 3 is 2.33 bits per heavy atom. The Hall–Kier alpha value is -1.99. The maximum absolute atomic E-state index is 12.8. The highest BCUT2D eigenvalue weighted by Gasteiger charge is 2.43. The van der Waals surface area contributed by atoms with Gasteiger partial charge >= 0.3 is 12.5 Å². The van der Waals surface area contributed by atoms with Crippen LogP contribution in [0.2, 0.25) is 10.0 Å². The van der Waals surface area contributed by atoms with Crippen molar-refractivity contribution in [2.75, 3.05) is 0 Å². The fourth-order valence-corrected chi connectivity index (χ4v) is 2.14. The second kappa shape index (κ2) is 7.27. The van der Waals surface area contributed by atoms with Gasteiger partial charge in [0.25, 0.3) is 0 Å². The summed E-state index contributed by atoms with van der Waals surface area (Å²) < 4.78 is 53.5. The Kier molecular flexibility index (Phi) is 5.56. The standard InChI is InChI=1S/C15H9Cl2F4NO2/c16-9-5-8(13(23)12(17)6-9)7-22-10-1-3-11(4-2-10)24-15(20,21)14(18)19/h1-7,14,23H. The van der Waals surface area contributed by atoms with Crippen LogP contribution in [0.25, 0.3) is 0 Å². The summed E-state index contributed by atoms with van der Waals surface area (Å²) in [5.74, 6) is -0.658. The molecule has 0 atom stereocenters. The lowest BCUT2D eigenvalue weighted by molar-refractivity contribution is -0.253. The van der Waals surface area contributed by atoms with Crippen LogP contribution in [-0.4, -0.2) is 23.9 Å². The molecule has 0 aromatic heterocycles. The molecule has 0 spiro atoms. The SMILES string of the molecule is Oc1c(Cl)cc(Cl)cc1C=Nc1ccc(OC(F)(F)C(F)F)cc1. The van der Waals surface area contributed by atoms with Crippen molar-refractivity contribution in [3.05, 3.63) is 52.0 Å². The molecule has 0 aliphatic rings. The Balaban J connectivity index is 2.15. The molecule has 0 heterocycles. The van der Waals surface area contributed by atoms with E-state index in [1.165, 1.54) is 30.5 Å². The number of aromatic hydroxyl groups is 1. The van der Waals surface area contributed by atoms with Gasteiger partial charge in [-0.3, -0.25) is 4.99 Å². The lowest BCUT2D eigenvalue weighted by atomic mass is 10.2. The number of phenolic OH excluding ortho intramolecular Hbond substituents is 1. The van der Waals surface area contributed by atoms with Crippen molar-refractivity contribution < 1.29 is 27.4 Å². The van der Waals surface area contributed by atoms with E-state index in [2.05, 4.69) is 9.73 Å². The van der Waals surface area contributed by atoms with E-state index in [1.54, 1.807) is 0 Å². The van der Waals surface area contributed by atoms with Crippen LogP contribution < -0.4 is 4.74 Å². The molecule has 3 nitrogen and oxygen atoms in total. The zero-order valence-electron chi connectivity index (χ0n) is 11.7. The zero-order chi connectivity index (χ0) is 17.9. The van der Waals surface area contributed by atoms with E-state index in [9.17, 15) is 22.7 Å². The predicted octanol–water partition coefficient (Wildman–Crippen LogP) is 5.69. The van der Waals surface area contributed by atoms with Crippen molar-refractivity contribution in [3.63, 3.8) is 0 Å². The van der Waals surface area contributed by atoms with E-state index in [-0.39, 0.29) is 21.4 Å². The normalized spacial score (nSPS) is 12.1. The van der Waals surface area contributed by atoms with Gasteiger partial charge in [0, 0.05) is 16.8 Å². The lowest BCUT2D eigenvalue weighted by Gasteiger charge is -2.16. The van der Waals surface area contributed by atoms with E-state index in [0.717, 1.165) is 12.1 Å². The number of halogens is 6. The molecule has 0 amide bonds. The Bertz CT molecular complexity index is 752. The van der Waals surface area contributed by atoms with Gasteiger partial charge < -0.3 is 9.84 Å². The van der Waals surface area contributed by atoms with Crippen LogP contribution in [0, 0.1) is 0 Å². The van der Waals surface area contributed by atoms with Gasteiger partial charge in [-0.05, 0) is 36.4 Å². The number of benzene rings is 2. The molecule has 24 heavy (non-hydrogen) atoms. The summed E-state index contributed by atoms with van der Waals surface area (Å²) in [6, 6.07) is 7.45. The van der Waals surface area contributed by atoms with Crippen LogP contribution in [-0.2, 0) is 0 Å². The van der Waals surface area contributed by atoms with Crippen molar-refractivity contribution in [3.8, 4) is 11.5 Å². The molecule has 0 radical (unpaired) electrons. The molecule has 0 aliphatic carbocycles. The van der Waals surface area contributed by atoms with Gasteiger partial charge in [0.2, 0.25) is 0 Å². The second-order valence-corrected chi connectivity index (χ2v) is 5.39. The Morgan fingerprint density at radius 2 is 1.75 bits per heavy atom. The smallest absolute Gasteiger partial charge is 0.461 e. The third kappa shape index (κ3) is 4.52. The molecule has 0 unspecified atom stereocenters. The maximum Gasteiger partial charge on any atom is 0.461 e. The minimum absolute atomic E-state index is 0.0435. The summed E-state index contributed by atoms with van der Waals surface area (Å²) in [6.45, 7) is 0. The number of aliphatic imine (C=N–C) groups is 1. The summed E-state index contributed by atoms with van der Waals surface area (Å²) in [5, 5.41) is 10.1. The summed E-state index contributed by atoms with van der Waals surface area (Å²) in [6.07, 6.45) is -7.25. The summed E-state index contributed by atoms with van der Waals surface area (Å²) in [4.78, 5) is 4.00. The Morgan fingerprint density at radius 1 is 1.12 bits per heavy atom. The van der Waals surface area contributed by atoms with Gasteiger partial charge in [-0.25, -0.2) is 0 Å². The number of alkyl halides is 4.